The molecule has 1 atom stereocenters. The second kappa shape index (κ2) is 6.03. The van der Waals surface area contributed by atoms with Gasteiger partial charge in [-0.1, -0.05) is 48.2 Å². The lowest BCUT2D eigenvalue weighted by molar-refractivity contribution is -0.109. The van der Waals surface area contributed by atoms with Crippen molar-refractivity contribution >= 4 is 23.0 Å². The van der Waals surface area contributed by atoms with Crippen molar-refractivity contribution in [2.45, 2.75) is 18.6 Å². The maximum atomic E-state index is 11.2. The van der Waals surface area contributed by atoms with Crippen LogP contribution in [-0.4, -0.2) is 23.5 Å². The van der Waals surface area contributed by atoms with Crippen molar-refractivity contribution < 1.29 is 4.79 Å². The third-order valence-electron chi connectivity index (χ3n) is 2.79. The summed E-state index contributed by atoms with van der Waals surface area (Å²) in [7, 11) is 0. The van der Waals surface area contributed by atoms with Crippen LogP contribution in [0.15, 0.2) is 35.9 Å². The summed E-state index contributed by atoms with van der Waals surface area (Å²) in [6.45, 7) is 3.53. The van der Waals surface area contributed by atoms with Crippen LogP contribution in [0, 0.1) is 0 Å². The van der Waals surface area contributed by atoms with Crippen LogP contribution in [0.4, 0.5) is 0 Å². The van der Waals surface area contributed by atoms with Gasteiger partial charge in [-0.05, 0) is 24.1 Å². The van der Waals surface area contributed by atoms with Crippen molar-refractivity contribution in [2.24, 2.45) is 0 Å². The first-order valence-electron chi connectivity index (χ1n) is 5.89. The van der Waals surface area contributed by atoms with E-state index in [1.807, 2.05) is 18.2 Å². The Hall–Kier alpha value is -1.06. The fraction of sp³-hybridized carbons (Fsp3) is 0.357. The van der Waals surface area contributed by atoms with Crippen LogP contribution in [0.3, 0.4) is 0 Å². The second-order valence-electron chi connectivity index (χ2n) is 4.19. The minimum Gasteiger partial charge on any atom is -0.313 e. The summed E-state index contributed by atoms with van der Waals surface area (Å²) in [6, 6.07) is 10.3. The van der Waals surface area contributed by atoms with Gasteiger partial charge >= 0.3 is 0 Å². The third kappa shape index (κ3) is 3.72. The van der Waals surface area contributed by atoms with Gasteiger partial charge in [0.15, 0.2) is 5.12 Å². The molecule has 0 saturated carbocycles. The van der Waals surface area contributed by atoms with Gasteiger partial charge in [0.25, 0.3) is 0 Å². The molecule has 0 radical (unpaired) electrons. The molecule has 1 saturated heterocycles. The van der Waals surface area contributed by atoms with E-state index < -0.39 is 0 Å². The number of rotatable bonds is 2. The summed E-state index contributed by atoms with van der Waals surface area (Å²) in [4.78, 5) is 11.2. The molecule has 2 nitrogen and oxygen atoms in total. The molecule has 0 aliphatic carbocycles. The van der Waals surface area contributed by atoms with Crippen molar-refractivity contribution in [3.8, 4) is 0 Å². The Balaban J connectivity index is 2.16. The highest BCUT2D eigenvalue weighted by molar-refractivity contribution is 8.14. The molecule has 1 aromatic carbocycles. The Kier molecular flexibility index (Phi) is 4.40. The maximum Gasteiger partial charge on any atom is 0.186 e. The smallest absolute Gasteiger partial charge is 0.186 e. The topological polar surface area (TPSA) is 29.1 Å². The van der Waals surface area contributed by atoms with Crippen molar-refractivity contribution in [1.29, 1.82) is 0 Å². The first kappa shape index (κ1) is 12.4. The molecule has 1 aromatic rings. The number of thioether (sulfide) groups is 1. The minimum absolute atomic E-state index is 0.205. The van der Waals surface area contributed by atoms with Crippen LogP contribution in [-0.2, 0) is 4.79 Å². The molecule has 2 rings (SSSR count). The monoisotopic (exact) mass is 247 g/mol. The van der Waals surface area contributed by atoms with E-state index in [1.54, 1.807) is 6.92 Å². The standard InChI is InChI=1S/C14H17NOS/c1-11(16)17-14-7-8-15-10-13(14)9-12-5-3-2-4-6-12/h2-6,9,14-15H,7-8,10H2,1H3/b13-9+. The molecule has 1 heterocycles. The van der Waals surface area contributed by atoms with E-state index in [4.69, 9.17) is 0 Å². The largest absolute Gasteiger partial charge is 0.313 e. The molecular weight excluding hydrogens is 230 g/mol. The quantitative estimate of drug-likeness (QED) is 0.871. The van der Waals surface area contributed by atoms with Crippen LogP contribution in [0.25, 0.3) is 6.08 Å². The van der Waals surface area contributed by atoms with Gasteiger partial charge < -0.3 is 5.32 Å². The van der Waals surface area contributed by atoms with E-state index in [1.165, 1.54) is 22.9 Å². The Bertz CT molecular complexity index is 413. The number of hydrogen-bond donors (Lipinski definition) is 1. The van der Waals surface area contributed by atoms with E-state index in [9.17, 15) is 4.79 Å². The van der Waals surface area contributed by atoms with Crippen molar-refractivity contribution in [3.05, 3.63) is 41.5 Å². The molecule has 1 fully saturated rings. The molecule has 1 unspecified atom stereocenters. The van der Waals surface area contributed by atoms with Gasteiger partial charge in [-0.3, -0.25) is 4.79 Å². The van der Waals surface area contributed by atoms with E-state index in [0.29, 0.717) is 5.25 Å². The highest BCUT2D eigenvalue weighted by atomic mass is 32.2. The van der Waals surface area contributed by atoms with Gasteiger partial charge in [-0.25, -0.2) is 0 Å². The first-order valence-corrected chi connectivity index (χ1v) is 6.77. The molecule has 1 N–H and O–H groups in total. The summed E-state index contributed by atoms with van der Waals surface area (Å²) in [5, 5.41) is 3.91. The third-order valence-corrected chi connectivity index (χ3v) is 3.94. The normalized spacial score (nSPS) is 22.6. The molecule has 0 spiro atoms. The second-order valence-corrected chi connectivity index (χ2v) is 5.57. The van der Waals surface area contributed by atoms with Crippen molar-refractivity contribution in [2.75, 3.05) is 13.1 Å². The summed E-state index contributed by atoms with van der Waals surface area (Å²) in [6.07, 6.45) is 3.23. The lowest BCUT2D eigenvalue weighted by Crippen LogP contribution is -2.32. The Morgan fingerprint density at radius 3 is 2.88 bits per heavy atom. The highest BCUT2D eigenvalue weighted by Gasteiger charge is 2.20. The average Bonchev–Trinajstić information content (AvgIpc) is 2.32. The SMILES string of the molecule is CC(=O)SC1CCNC/C1=C\c1ccccc1. The molecule has 1 aliphatic heterocycles. The number of carbonyl (C=O) groups excluding carboxylic acids is 1. The first-order chi connectivity index (χ1) is 8.25. The Morgan fingerprint density at radius 1 is 1.41 bits per heavy atom. The Morgan fingerprint density at radius 2 is 2.18 bits per heavy atom. The summed E-state index contributed by atoms with van der Waals surface area (Å²) >= 11 is 1.46. The van der Waals surface area contributed by atoms with Gasteiger partial charge in [0.1, 0.15) is 0 Å². The fourth-order valence-corrected chi connectivity index (χ4v) is 2.95. The van der Waals surface area contributed by atoms with E-state index >= 15 is 0 Å². The van der Waals surface area contributed by atoms with E-state index in [-0.39, 0.29) is 5.12 Å². The van der Waals surface area contributed by atoms with Crippen LogP contribution in [0.2, 0.25) is 0 Å². The number of piperidine rings is 1. The predicted molar refractivity (Wildman–Crippen MR) is 74.0 cm³/mol. The lowest BCUT2D eigenvalue weighted by atomic mass is 10.0. The predicted octanol–water partition coefficient (Wildman–Crippen LogP) is 2.71. The van der Waals surface area contributed by atoms with Crippen molar-refractivity contribution in [1.82, 2.24) is 5.32 Å². The Labute approximate surface area is 106 Å². The zero-order chi connectivity index (χ0) is 12.1. The zero-order valence-corrected chi connectivity index (χ0v) is 10.8. The highest BCUT2D eigenvalue weighted by Crippen LogP contribution is 2.26. The molecule has 3 heteroatoms. The van der Waals surface area contributed by atoms with Crippen LogP contribution in [0.1, 0.15) is 18.9 Å². The molecule has 0 bridgehead atoms. The molecule has 0 aromatic heterocycles. The molecule has 0 amide bonds. The van der Waals surface area contributed by atoms with Gasteiger partial charge in [-0.15, -0.1) is 0 Å². The van der Waals surface area contributed by atoms with E-state index in [0.717, 1.165) is 19.5 Å². The summed E-state index contributed by atoms with van der Waals surface area (Å²) < 4.78 is 0. The maximum absolute atomic E-state index is 11.2. The van der Waals surface area contributed by atoms with Gasteiger partial charge in [0.2, 0.25) is 0 Å². The summed E-state index contributed by atoms with van der Waals surface area (Å²) in [5.74, 6) is 0. The van der Waals surface area contributed by atoms with Gasteiger partial charge in [0.05, 0.1) is 0 Å². The minimum atomic E-state index is 0.205. The van der Waals surface area contributed by atoms with Gasteiger partial charge in [-0.2, -0.15) is 0 Å². The van der Waals surface area contributed by atoms with E-state index in [2.05, 4.69) is 23.5 Å². The fourth-order valence-electron chi connectivity index (χ4n) is 2.01. The number of nitrogens with one attached hydrogen (secondary N) is 1. The molecular formula is C14H17NOS. The molecule has 17 heavy (non-hydrogen) atoms. The van der Waals surface area contributed by atoms with Crippen LogP contribution in [0.5, 0.6) is 0 Å². The molecule has 1 aliphatic rings. The average molecular weight is 247 g/mol. The number of benzene rings is 1. The van der Waals surface area contributed by atoms with Crippen LogP contribution >= 0.6 is 11.8 Å². The van der Waals surface area contributed by atoms with Crippen LogP contribution < -0.4 is 5.32 Å². The van der Waals surface area contributed by atoms with Crippen molar-refractivity contribution in [3.63, 3.8) is 0 Å². The number of hydrogen-bond acceptors (Lipinski definition) is 3. The lowest BCUT2D eigenvalue weighted by Gasteiger charge is -2.25. The zero-order valence-electron chi connectivity index (χ0n) is 9.98. The summed E-state index contributed by atoms with van der Waals surface area (Å²) in [5.41, 5.74) is 2.53. The molecule has 90 valence electrons. The van der Waals surface area contributed by atoms with Gasteiger partial charge in [0, 0.05) is 18.7 Å². The number of carbonyl (C=O) groups is 1.